The van der Waals surface area contributed by atoms with Crippen molar-refractivity contribution in [3.63, 3.8) is 0 Å². The van der Waals surface area contributed by atoms with Crippen LogP contribution in [0.5, 0.6) is 0 Å². The van der Waals surface area contributed by atoms with Crippen LogP contribution in [0.3, 0.4) is 0 Å². The lowest BCUT2D eigenvalue weighted by Gasteiger charge is -2.04. The molecule has 3 aromatic rings. The summed E-state index contributed by atoms with van der Waals surface area (Å²) in [4.78, 5) is 10.9. The molecular formula is C18H14O2. The highest BCUT2D eigenvalue weighted by Crippen LogP contribution is 2.24. The zero-order valence-electron chi connectivity index (χ0n) is 11.0. The summed E-state index contributed by atoms with van der Waals surface area (Å²) in [6, 6.07) is 20.4. The summed E-state index contributed by atoms with van der Waals surface area (Å²) >= 11 is 0. The Bertz CT molecular complexity index is 694. The van der Waals surface area contributed by atoms with Gasteiger partial charge >= 0.3 is 0 Å². The molecule has 0 N–H and O–H groups in total. The van der Waals surface area contributed by atoms with Crippen LogP contribution >= 0.6 is 0 Å². The van der Waals surface area contributed by atoms with Gasteiger partial charge in [0.05, 0.1) is 6.26 Å². The van der Waals surface area contributed by atoms with Gasteiger partial charge in [-0.05, 0) is 29.2 Å². The van der Waals surface area contributed by atoms with Crippen molar-refractivity contribution >= 4 is 6.29 Å². The Labute approximate surface area is 117 Å². The van der Waals surface area contributed by atoms with E-state index < -0.39 is 0 Å². The van der Waals surface area contributed by atoms with Crippen molar-refractivity contribution in [3.05, 3.63) is 83.8 Å². The minimum absolute atomic E-state index is 0.376. The van der Waals surface area contributed by atoms with Crippen LogP contribution in [0.15, 0.2) is 71.3 Å². The van der Waals surface area contributed by atoms with E-state index in [1.807, 2.05) is 36.4 Å². The van der Waals surface area contributed by atoms with E-state index in [-0.39, 0.29) is 0 Å². The van der Waals surface area contributed by atoms with Crippen LogP contribution < -0.4 is 0 Å². The van der Waals surface area contributed by atoms with Crippen LogP contribution in [0, 0.1) is 0 Å². The second kappa shape index (κ2) is 5.57. The van der Waals surface area contributed by atoms with Gasteiger partial charge in [0.25, 0.3) is 0 Å². The molecule has 0 aliphatic rings. The molecule has 1 aromatic heterocycles. The first-order valence-electron chi connectivity index (χ1n) is 6.53. The smallest absolute Gasteiger partial charge is 0.185 e. The number of carbonyl (C=O) groups is 1. The maximum Gasteiger partial charge on any atom is 0.185 e. The Morgan fingerprint density at radius 1 is 0.850 bits per heavy atom. The highest BCUT2D eigenvalue weighted by molar-refractivity contribution is 5.84. The van der Waals surface area contributed by atoms with Crippen LogP contribution in [-0.2, 0) is 6.42 Å². The lowest BCUT2D eigenvalue weighted by atomic mass is 10.0. The van der Waals surface area contributed by atoms with Gasteiger partial charge in [-0.25, -0.2) is 0 Å². The molecule has 0 saturated carbocycles. The third-order valence-corrected chi connectivity index (χ3v) is 3.32. The van der Waals surface area contributed by atoms with E-state index in [1.54, 1.807) is 0 Å². The molecule has 0 atom stereocenters. The van der Waals surface area contributed by atoms with Crippen LogP contribution in [0.2, 0.25) is 0 Å². The fraction of sp³-hybridized carbons (Fsp3) is 0.0556. The molecule has 0 fully saturated rings. The molecule has 0 aliphatic carbocycles. The van der Waals surface area contributed by atoms with Crippen LogP contribution in [0.25, 0.3) is 11.1 Å². The summed E-state index contributed by atoms with van der Waals surface area (Å²) < 4.78 is 5.13. The number of benzene rings is 2. The molecule has 2 nitrogen and oxygen atoms in total. The van der Waals surface area contributed by atoms with Gasteiger partial charge < -0.3 is 4.42 Å². The predicted molar refractivity (Wildman–Crippen MR) is 78.8 cm³/mol. The lowest BCUT2D eigenvalue weighted by molar-refractivity contribution is 0.110. The van der Waals surface area contributed by atoms with Crippen molar-refractivity contribution in [2.24, 2.45) is 0 Å². The molecule has 0 aliphatic heterocycles. The number of furan rings is 1. The van der Waals surface area contributed by atoms with Gasteiger partial charge in [0.2, 0.25) is 0 Å². The molecule has 0 radical (unpaired) electrons. The number of hydrogen-bond donors (Lipinski definition) is 0. The molecule has 2 heteroatoms. The van der Waals surface area contributed by atoms with E-state index in [0.717, 1.165) is 23.8 Å². The Morgan fingerprint density at radius 3 is 2.25 bits per heavy atom. The normalized spacial score (nSPS) is 10.4. The molecule has 0 bridgehead atoms. The standard InChI is InChI=1S/C18H14O2/c19-13-18-17(10-11-20-18)16-8-6-15(7-9-16)12-14-4-2-1-3-5-14/h1-11,13H,12H2. The van der Waals surface area contributed by atoms with Crippen LogP contribution in [-0.4, -0.2) is 6.29 Å². The van der Waals surface area contributed by atoms with Gasteiger partial charge in [-0.2, -0.15) is 0 Å². The largest absolute Gasteiger partial charge is 0.461 e. The Kier molecular flexibility index (Phi) is 3.46. The Morgan fingerprint density at radius 2 is 1.55 bits per heavy atom. The molecule has 0 unspecified atom stereocenters. The average molecular weight is 262 g/mol. The average Bonchev–Trinajstić information content (AvgIpc) is 2.98. The number of aldehydes is 1. The molecule has 20 heavy (non-hydrogen) atoms. The maximum atomic E-state index is 10.9. The first-order valence-corrected chi connectivity index (χ1v) is 6.53. The molecule has 0 amide bonds. The number of carbonyl (C=O) groups excluding carboxylic acids is 1. The molecule has 3 rings (SSSR count). The van der Waals surface area contributed by atoms with Crippen molar-refractivity contribution in [2.45, 2.75) is 6.42 Å². The first kappa shape index (κ1) is 12.4. The van der Waals surface area contributed by atoms with E-state index in [1.165, 1.54) is 17.4 Å². The lowest BCUT2D eigenvalue weighted by Crippen LogP contribution is -1.88. The minimum atomic E-state index is 0.376. The number of rotatable bonds is 4. The van der Waals surface area contributed by atoms with Crippen LogP contribution in [0.1, 0.15) is 21.7 Å². The Hall–Kier alpha value is -2.61. The maximum absolute atomic E-state index is 10.9. The summed E-state index contributed by atoms with van der Waals surface area (Å²) in [5.74, 6) is 0.376. The van der Waals surface area contributed by atoms with Crippen molar-refractivity contribution in [3.8, 4) is 11.1 Å². The summed E-state index contributed by atoms with van der Waals surface area (Å²) in [7, 11) is 0. The van der Waals surface area contributed by atoms with Gasteiger partial charge in [0.15, 0.2) is 12.0 Å². The van der Waals surface area contributed by atoms with Crippen molar-refractivity contribution in [1.82, 2.24) is 0 Å². The van der Waals surface area contributed by atoms with Crippen LogP contribution in [0.4, 0.5) is 0 Å². The highest BCUT2D eigenvalue weighted by atomic mass is 16.3. The van der Waals surface area contributed by atoms with Gasteiger partial charge in [-0.1, -0.05) is 54.6 Å². The van der Waals surface area contributed by atoms with Gasteiger partial charge in [0, 0.05) is 5.56 Å². The minimum Gasteiger partial charge on any atom is -0.461 e. The summed E-state index contributed by atoms with van der Waals surface area (Å²) in [6.45, 7) is 0. The quantitative estimate of drug-likeness (QED) is 0.654. The third kappa shape index (κ3) is 2.54. The van der Waals surface area contributed by atoms with Gasteiger partial charge in [-0.15, -0.1) is 0 Å². The SMILES string of the molecule is O=Cc1occc1-c1ccc(Cc2ccccc2)cc1. The third-order valence-electron chi connectivity index (χ3n) is 3.32. The van der Waals surface area contributed by atoms with Crippen molar-refractivity contribution in [1.29, 1.82) is 0 Å². The zero-order chi connectivity index (χ0) is 13.8. The zero-order valence-corrected chi connectivity index (χ0v) is 11.0. The molecule has 2 aromatic carbocycles. The van der Waals surface area contributed by atoms with E-state index in [0.29, 0.717) is 5.76 Å². The molecular weight excluding hydrogens is 248 g/mol. The summed E-state index contributed by atoms with van der Waals surface area (Å²) in [6.07, 6.45) is 3.19. The second-order valence-corrected chi connectivity index (χ2v) is 4.68. The molecule has 0 saturated heterocycles. The predicted octanol–water partition coefficient (Wildman–Crippen LogP) is 4.35. The summed E-state index contributed by atoms with van der Waals surface area (Å²) in [5.41, 5.74) is 4.37. The second-order valence-electron chi connectivity index (χ2n) is 4.68. The van der Waals surface area contributed by atoms with Crippen molar-refractivity contribution in [2.75, 3.05) is 0 Å². The Balaban J connectivity index is 1.83. The van der Waals surface area contributed by atoms with Gasteiger partial charge in [-0.3, -0.25) is 4.79 Å². The molecule has 1 heterocycles. The number of hydrogen-bond acceptors (Lipinski definition) is 2. The fourth-order valence-electron chi connectivity index (χ4n) is 2.28. The monoisotopic (exact) mass is 262 g/mol. The molecule has 0 spiro atoms. The van der Waals surface area contributed by atoms with E-state index >= 15 is 0 Å². The van der Waals surface area contributed by atoms with E-state index in [2.05, 4.69) is 24.3 Å². The van der Waals surface area contributed by atoms with E-state index in [4.69, 9.17) is 4.42 Å². The fourth-order valence-corrected chi connectivity index (χ4v) is 2.28. The van der Waals surface area contributed by atoms with Gasteiger partial charge in [0.1, 0.15) is 0 Å². The topological polar surface area (TPSA) is 30.2 Å². The van der Waals surface area contributed by atoms with Crippen molar-refractivity contribution < 1.29 is 9.21 Å². The molecule has 98 valence electrons. The highest BCUT2D eigenvalue weighted by Gasteiger charge is 2.07. The van der Waals surface area contributed by atoms with E-state index in [9.17, 15) is 4.79 Å². The first-order chi connectivity index (χ1) is 9.86. The summed E-state index contributed by atoms with van der Waals surface area (Å²) in [5, 5.41) is 0.